The molecule has 2 aromatic carbocycles. The summed E-state index contributed by atoms with van der Waals surface area (Å²) in [6.07, 6.45) is 1.34. The Morgan fingerprint density at radius 3 is 2.41 bits per heavy atom. The van der Waals surface area contributed by atoms with Crippen LogP contribution in [-0.2, 0) is 18.9 Å². The van der Waals surface area contributed by atoms with Crippen molar-refractivity contribution in [1.82, 2.24) is 35.4 Å². The fraction of sp³-hybridized carbons (Fsp3) is 0.348. The number of alkyl halides is 2. The average molecular weight is 437 g/mol. The number of halogens is 2. The number of nitrogens with zero attached hydrogens (tertiary/aromatic N) is 6. The number of rotatable bonds is 9. The summed E-state index contributed by atoms with van der Waals surface area (Å²) in [4.78, 5) is 4.20. The van der Waals surface area contributed by atoms with Gasteiger partial charge in [0.2, 0.25) is 11.6 Å². The molecule has 0 amide bonds. The molecule has 0 aliphatic carbocycles. The normalized spacial score (nSPS) is 11.8. The number of nitrogens with one attached hydrogen (secondary N) is 1. The molecule has 0 saturated heterocycles. The van der Waals surface area contributed by atoms with Gasteiger partial charge in [0.05, 0.1) is 0 Å². The standard InChI is InChI=1S/C23H25F2N7/c1-3-5-14-23(24,25)22-26-20(32(4-2)29-22)15-16-10-12-17(13-11-16)18-8-6-7-9-19(18)21-27-30-31-28-21/h6-13H,3-5,14-15H2,1-2H3,(H,27,28,30,31). The minimum atomic E-state index is -3.01. The third-order valence-corrected chi connectivity index (χ3v) is 5.36. The first-order valence-electron chi connectivity index (χ1n) is 10.8. The van der Waals surface area contributed by atoms with E-state index >= 15 is 0 Å². The van der Waals surface area contributed by atoms with Crippen molar-refractivity contribution < 1.29 is 8.78 Å². The molecule has 0 fully saturated rings. The zero-order valence-corrected chi connectivity index (χ0v) is 18.1. The smallest absolute Gasteiger partial charge is 0.250 e. The highest BCUT2D eigenvalue weighted by atomic mass is 19.3. The number of aromatic amines is 1. The number of unbranched alkanes of at least 4 members (excludes halogenated alkanes) is 1. The molecule has 0 aliphatic rings. The largest absolute Gasteiger partial charge is 0.308 e. The van der Waals surface area contributed by atoms with Crippen LogP contribution in [0.4, 0.5) is 8.78 Å². The second-order valence-electron chi connectivity index (χ2n) is 7.63. The van der Waals surface area contributed by atoms with Crippen LogP contribution in [0.1, 0.15) is 50.3 Å². The SMILES string of the molecule is CCCCC(F)(F)c1nc(Cc2ccc(-c3ccccc3-c3nn[nH]n3)cc2)n(CC)n1. The Bertz CT molecular complexity index is 1150. The zero-order chi connectivity index (χ0) is 22.6. The fourth-order valence-corrected chi connectivity index (χ4v) is 3.61. The molecule has 9 heteroatoms. The Labute approximate surface area is 184 Å². The topological polar surface area (TPSA) is 85.2 Å². The van der Waals surface area contributed by atoms with E-state index in [-0.39, 0.29) is 12.2 Å². The maximum absolute atomic E-state index is 14.5. The highest BCUT2D eigenvalue weighted by Crippen LogP contribution is 2.32. The lowest BCUT2D eigenvalue weighted by Crippen LogP contribution is -2.16. The van der Waals surface area contributed by atoms with E-state index in [1.807, 2.05) is 62.4 Å². The fourth-order valence-electron chi connectivity index (χ4n) is 3.61. The maximum atomic E-state index is 14.5. The molecule has 2 aromatic heterocycles. The van der Waals surface area contributed by atoms with Crippen LogP contribution in [0.25, 0.3) is 22.5 Å². The maximum Gasteiger partial charge on any atom is 0.308 e. The first-order chi connectivity index (χ1) is 15.5. The molecule has 7 nitrogen and oxygen atoms in total. The van der Waals surface area contributed by atoms with Crippen molar-refractivity contribution in [2.75, 3.05) is 0 Å². The number of aryl methyl sites for hydroxylation is 1. The molecule has 0 atom stereocenters. The third kappa shape index (κ3) is 4.56. The minimum absolute atomic E-state index is 0.231. The lowest BCUT2D eigenvalue weighted by Gasteiger charge is -2.11. The van der Waals surface area contributed by atoms with E-state index in [0.29, 0.717) is 37.5 Å². The third-order valence-electron chi connectivity index (χ3n) is 5.36. The van der Waals surface area contributed by atoms with Crippen LogP contribution in [0.2, 0.25) is 0 Å². The lowest BCUT2D eigenvalue weighted by atomic mass is 9.98. The lowest BCUT2D eigenvalue weighted by molar-refractivity contribution is -0.0245. The van der Waals surface area contributed by atoms with E-state index in [2.05, 4.69) is 30.7 Å². The first kappa shape index (κ1) is 21.7. The van der Waals surface area contributed by atoms with Crippen LogP contribution < -0.4 is 0 Å². The molecule has 0 unspecified atom stereocenters. The van der Waals surface area contributed by atoms with Gasteiger partial charge in [0.25, 0.3) is 0 Å². The predicted octanol–water partition coefficient (Wildman–Crippen LogP) is 5.02. The highest BCUT2D eigenvalue weighted by molar-refractivity contribution is 5.80. The molecule has 4 aromatic rings. The predicted molar refractivity (Wildman–Crippen MR) is 117 cm³/mol. The van der Waals surface area contributed by atoms with Crippen LogP contribution in [0.3, 0.4) is 0 Å². The zero-order valence-electron chi connectivity index (χ0n) is 18.1. The highest BCUT2D eigenvalue weighted by Gasteiger charge is 2.36. The van der Waals surface area contributed by atoms with Gasteiger partial charge in [-0.1, -0.05) is 61.9 Å². The van der Waals surface area contributed by atoms with Gasteiger partial charge in [-0.3, -0.25) is 0 Å². The molecule has 0 spiro atoms. The van der Waals surface area contributed by atoms with Gasteiger partial charge < -0.3 is 0 Å². The summed E-state index contributed by atoms with van der Waals surface area (Å²) in [7, 11) is 0. The number of hydrogen-bond donors (Lipinski definition) is 1. The van der Waals surface area contributed by atoms with Crippen molar-refractivity contribution in [2.45, 2.75) is 52.0 Å². The molecule has 166 valence electrons. The van der Waals surface area contributed by atoms with E-state index in [9.17, 15) is 8.78 Å². The van der Waals surface area contributed by atoms with E-state index in [1.165, 1.54) is 0 Å². The number of H-pyrrole nitrogens is 1. The molecule has 0 radical (unpaired) electrons. The van der Waals surface area contributed by atoms with E-state index in [0.717, 1.165) is 22.3 Å². The van der Waals surface area contributed by atoms with Gasteiger partial charge in [0.1, 0.15) is 5.82 Å². The van der Waals surface area contributed by atoms with Crippen LogP contribution in [0.5, 0.6) is 0 Å². The second-order valence-corrected chi connectivity index (χ2v) is 7.63. The van der Waals surface area contributed by atoms with Crippen molar-refractivity contribution in [3.63, 3.8) is 0 Å². The molecule has 2 heterocycles. The van der Waals surface area contributed by atoms with Gasteiger partial charge in [-0.15, -0.1) is 15.3 Å². The second kappa shape index (κ2) is 9.33. The number of aromatic nitrogens is 7. The summed E-state index contributed by atoms with van der Waals surface area (Å²) in [5.74, 6) is -2.32. The quantitative estimate of drug-likeness (QED) is 0.397. The van der Waals surface area contributed by atoms with Crippen LogP contribution in [-0.4, -0.2) is 35.4 Å². The number of hydrogen-bond acceptors (Lipinski definition) is 5. The van der Waals surface area contributed by atoms with Crippen molar-refractivity contribution in [2.24, 2.45) is 0 Å². The average Bonchev–Trinajstić information content (AvgIpc) is 3.49. The molecular formula is C23H25F2N7. The summed E-state index contributed by atoms with van der Waals surface area (Å²) < 4.78 is 30.5. The summed E-state index contributed by atoms with van der Waals surface area (Å²) in [6.45, 7) is 4.26. The summed E-state index contributed by atoms with van der Waals surface area (Å²) >= 11 is 0. The molecule has 0 aliphatic heterocycles. The summed E-state index contributed by atoms with van der Waals surface area (Å²) in [5.41, 5.74) is 3.82. The molecule has 0 bridgehead atoms. The van der Waals surface area contributed by atoms with Crippen molar-refractivity contribution >= 4 is 0 Å². The molecule has 32 heavy (non-hydrogen) atoms. The van der Waals surface area contributed by atoms with Gasteiger partial charge in [0, 0.05) is 24.9 Å². The van der Waals surface area contributed by atoms with Gasteiger partial charge in [-0.25, -0.2) is 9.67 Å². The first-order valence-corrected chi connectivity index (χ1v) is 10.8. The summed E-state index contributed by atoms with van der Waals surface area (Å²) in [5, 5.41) is 18.4. The van der Waals surface area contributed by atoms with Gasteiger partial charge in [-0.05, 0) is 35.2 Å². The van der Waals surface area contributed by atoms with Crippen molar-refractivity contribution in [3.05, 3.63) is 65.7 Å². The molecule has 0 saturated carbocycles. The Morgan fingerprint density at radius 1 is 1.00 bits per heavy atom. The van der Waals surface area contributed by atoms with Gasteiger partial charge in [-0.2, -0.15) is 14.0 Å². The molecular weight excluding hydrogens is 412 g/mol. The van der Waals surface area contributed by atoms with Crippen LogP contribution in [0, 0.1) is 0 Å². The van der Waals surface area contributed by atoms with E-state index in [4.69, 9.17) is 0 Å². The van der Waals surface area contributed by atoms with Crippen molar-refractivity contribution in [1.29, 1.82) is 0 Å². The van der Waals surface area contributed by atoms with E-state index < -0.39 is 5.92 Å². The van der Waals surface area contributed by atoms with E-state index in [1.54, 1.807) is 4.68 Å². The summed E-state index contributed by atoms with van der Waals surface area (Å²) in [6, 6.07) is 15.8. The van der Waals surface area contributed by atoms with Crippen LogP contribution in [0.15, 0.2) is 48.5 Å². The molecule has 4 rings (SSSR count). The monoisotopic (exact) mass is 437 g/mol. The Kier molecular flexibility index (Phi) is 6.34. The van der Waals surface area contributed by atoms with Crippen molar-refractivity contribution in [3.8, 4) is 22.5 Å². The minimum Gasteiger partial charge on any atom is -0.250 e. The Hall–Kier alpha value is -3.49. The Balaban J connectivity index is 1.57. The van der Waals surface area contributed by atoms with Gasteiger partial charge in [0.15, 0.2) is 0 Å². The number of tetrazole rings is 1. The number of benzene rings is 2. The molecule has 1 N–H and O–H groups in total. The van der Waals surface area contributed by atoms with Gasteiger partial charge >= 0.3 is 5.92 Å². The van der Waals surface area contributed by atoms with Crippen LogP contribution >= 0.6 is 0 Å². The Morgan fingerprint density at radius 2 is 1.75 bits per heavy atom.